The fourth-order valence-electron chi connectivity index (χ4n) is 1.79. The first-order valence-electron chi connectivity index (χ1n) is 4.52. The number of aryl methyl sites for hydroxylation is 2. The van der Waals surface area contributed by atoms with E-state index in [0.29, 0.717) is 6.42 Å². The second-order valence-corrected chi connectivity index (χ2v) is 3.33. The van der Waals surface area contributed by atoms with Gasteiger partial charge in [0.15, 0.2) is 0 Å². The average Bonchev–Trinajstić information content (AvgIpc) is 2.59. The van der Waals surface area contributed by atoms with Crippen molar-refractivity contribution in [3.63, 3.8) is 0 Å². The fourth-order valence-corrected chi connectivity index (χ4v) is 1.79. The van der Waals surface area contributed by atoms with Crippen molar-refractivity contribution in [3.05, 3.63) is 17.2 Å². The van der Waals surface area contributed by atoms with E-state index >= 15 is 0 Å². The van der Waals surface area contributed by atoms with E-state index in [2.05, 4.69) is 9.97 Å². The van der Waals surface area contributed by atoms with Crippen LogP contribution in [0, 0.1) is 0 Å². The van der Waals surface area contributed by atoms with E-state index in [4.69, 9.17) is 5.11 Å². The predicted molar refractivity (Wildman–Crippen MR) is 46.7 cm³/mol. The van der Waals surface area contributed by atoms with Gasteiger partial charge in [0.25, 0.3) is 0 Å². The lowest BCUT2D eigenvalue weighted by Gasteiger charge is -2.00. The van der Waals surface area contributed by atoms with Crippen LogP contribution in [0.3, 0.4) is 0 Å². The summed E-state index contributed by atoms with van der Waals surface area (Å²) in [5, 5.41) is 8.89. The summed E-state index contributed by atoms with van der Waals surface area (Å²) >= 11 is 0. The number of nitrogens with zero attached hydrogens (tertiary/aromatic N) is 1. The van der Waals surface area contributed by atoms with E-state index < -0.39 is 5.97 Å². The van der Waals surface area contributed by atoms with Crippen LogP contribution in [-0.2, 0) is 17.6 Å². The number of carboxylic acids is 1. The molecular formula is C9H12N2O2. The van der Waals surface area contributed by atoms with Crippen molar-refractivity contribution in [2.75, 3.05) is 0 Å². The Morgan fingerprint density at radius 1 is 1.77 bits per heavy atom. The topological polar surface area (TPSA) is 66.0 Å². The van der Waals surface area contributed by atoms with E-state index in [1.807, 2.05) is 6.92 Å². The molecule has 2 N–H and O–H groups in total. The maximum Gasteiger partial charge on any atom is 0.312 e. The first-order valence-corrected chi connectivity index (χ1v) is 4.52. The average molecular weight is 180 g/mol. The number of aromatic nitrogens is 2. The molecule has 70 valence electrons. The monoisotopic (exact) mass is 180 g/mol. The van der Waals surface area contributed by atoms with Crippen LogP contribution in [-0.4, -0.2) is 21.0 Å². The van der Waals surface area contributed by atoms with Crippen LogP contribution in [0.5, 0.6) is 0 Å². The first kappa shape index (κ1) is 8.29. The second-order valence-electron chi connectivity index (χ2n) is 3.33. The van der Waals surface area contributed by atoms with Crippen molar-refractivity contribution < 1.29 is 9.90 Å². The number of carboxylic acid groups (broad SMARTS) is 1. The number of hydrogen-bond acceptors (Lipinski definition) is 2. The molecule has 13 heavy (non-hydrogen) atoms. The van der Waals surface area contributed by atoms with Gasteiger partial charge in [-0.2, -0.15) is 0 Å². The van der Waals surface area contributed by atoms with E-state index in [9.17, 15) is 4.79 Å². The van der Waals surface area contributed by atoms with Crippen molar-refractivity contribution in [2.45, 2.75) is 32.1 Å². The largest absolute Gasteiger partial charge is 0.481 e. The summed E-state index contributed by atoms with van der Waals surface area (Å²) in [6.45, 7) is 2.00. The fraction of sp³-hybridized carbons (Fsp3) is 0.556. The number of aromatic amines is 1. The molecule has 0 fully saturated rings. The zero-order valence-electron chi connectivity index (χ0n) is 7.50. The van der Waals surface area contributed by atoms with Crippen LogP contribution in [0.15, 0.2) is 0 Å². The molecule has 0 spiro atoms. The molecule has 1 aromatic heterocycles. The van der Waals surface area contributed by atoms with Gasteiger partial charge in [0, 0.05) is 12.1 Å². The predicted octanol–water partition coefficient (Wildman–Crippen LogP) is 1.09. The van der Waals surface area contributed by atoms with Crippen LogP contribution >= 0.6 is 0 Å². The van der Waals surface area contributed by atoms with Crippen LogP contribution in [0.2, 0.25) is 0 Å². The zero-order valence-corrected chi connectivity index (χ0v) is 7.50. The van der Waals surface area contributed by atoms with Crippen LogP contribution < -0.4 is 0 Å². The molecule has 0 bridgehead atoms. The number of H-pyrrole nitrogens is 1. The molecule has 0 aliphatic heterocycles. The van der Waals surface area contributed by atoms with Gasteiger partial charge in [0.2, 0.25) is 0 Å². The minimum absolute atomic E-state index is 0.383. The van der Waals surface area contributed by atoms with Crippen molar-refractivity contribution in [3.8, 4) is 0 Å². The van der Waals surface area contributed by atoms with E-state index in [0.717, 1.165) is 30.1 Å². The highest BCUT2D eigenvalue weighted by molar-refractivity contribution is 5.76. The maximum atomic E-state index is 10.8. The zero-order chi connectivity index (χ0) is 9.42. The Hall–Kier alpha value is -1.32. The lowest BCUT2D eigenvalue weighted by atomic mass is 10.1. The number of fused-ring (bicyclic) bond motifs is 1. The number of hydrogen-bond donors (Lipinski definition) is 2. The SMILES string of the molecule is CCc1nc2c([nH]1)CCC2C(=O)O. The lowest BCUT2D eigenvalue weighted by Crippen LogP contribution is -2.08. The van der Waals surface area contributed by atoms with Gasteiger partial charge in [-0.3, -0.25) is 4.79 Å². The molecule has 0 saturated heterocycles. The summed E-state index contributed by atoms with van der Waals surface area (Å²) < 4.78 is 0. The Bertz CT molecular complexity index is 343. The van der Waals surface area contributed by atoms with Gasteiger partial charge >= 0.3 is 5.97 Å². The molecule has 1 unspecified atom stereocenters. The van der Waals surface area contributed by atoms with Crippen molar-refractivity contribution in [2.24, 2.45) is 0 Å². The minimum Gasteiger partial charge on any atom is -0.481 e. The van der Waals surface area contributed by atoms with Crippen LogP contribution in [0.1, 0.15) is 36.5 Å². The normalized spacial score (nSPS) is 20.2. The minimum atomic E-state index is -0.757. The van der Waals surface area contributed by atoms with Gasteiger partial charge in [-0.05, 0) is 12.8 Å². The Morgan fingerprint density at radius 3 is 3.15 bits per heavy atom. The molecule has 1 atom stereocenters. The third-order valence-corrected chi connectivity index (χ3v) is 2.51. The Kier molecular flexibility index (Phi) is 1.83. The van der Waals surface area contributed by atoms with E-state index in [-0.39, 0.29) is 5.92 Å². The summed E-state index contributed by atoms with van der Waals surface area (Å²) in [6, 6.07) is 0. The highest BCUT2D eigenvalue weighted by Gasteiger charge is 2.31. The van der Waals surface area contributed by atoms with Crippen molar-refractivity contribution in [1.82, 2.24) is 9.97 Å². The summed E-state index contributed by atoms with van der Waals surface area (Å²) in [5.41, 5.74) is 1.77. The molecule has 0 saturated carbocycles. The number of rotatable bonds is 2. The maximum absolute atomic E-state index is 10.8. The van der Waals surface area contributed by atoms with Gasteiger partial charge in [0.1, 0.15) is 11.7 Å². The molecule has 1 aliphatic carbocycles. The standard InChI is InChI=1S/C9H12N2O2/c1-2-7-10-6-4-3-5(9(12)13)8(6)11-7/h5H,2-4H2,1H3,(H,10,11)(H,12,13). The van der Waals surface area contributed by atoms with E-state index in [1.54, 1.807) is 0 Å². The third kappa shape index (κ3) is 1.22. The van der Waals surface area contributed by atoms with Crippen molar-refractivity contribution >= 4 is 5.97 Å². The summed E-state index contributed by atoms with van der Waals surface area (Å²) in [7, 11) is 0. The summed E-state index contributed by atoms with van der Waals surface area (Å²) in [6.07, 6.45) is 2.34. The quantitative estimate of drug-likeness (QED) is 0.715. The molecule has 1 aromatic rings. The molecule has 0 aromatic carbocycles. The second kappa shape index (κ2) is 2.87. The Morgan fingerprint density at radius 2 is 2.54 bits per heavy atom. The molecule has 4 nitrogen and oxygen atoms in total. The molecule has 0 amide bonds. The van der Waals surface area contributed by atoms with Gasteiger partial charge in [-0.1, -0.05) is 6.92 Å². The first-order chi connectivity index (χ1) is 6.22. The van der Waals surface area contributed by atoms with Crippen LogP contribution in [0.25, 0.3) is 0 Å². The molecule has 0 radical (unpaired) electrons. The number of nitrogens with one attached hydrogen (secondary N) is 1. The lowest BCUT2D eigenvalue weighted by molar-refractivity contribution is -0.138. The molecule has 2 rings (SSSR count). The van der Waals surface area contributed by atoms with Gasteiger partial charge < -0.3 is 10.1 Å². The molecule has 1 heterocycles. The highest BCUT2D eigenvalue weighted by Crippen LogP contribution is 2.31. The van der Waals surface area contributed by atoms with E-state index in [1.165, 1.54) is 0 Å². The molecular weight excluding hydrogens is 168 g/mol. The summed E-state index contributed by atoms with van der Waals surface area (Å²) in [4.78, 5) is 18.2. The third-order valence-electron chi connectivity index (χ3n) is 2.51. The number of aliphatic carboxylic acids is 1. The van der Waals surface area contributed by atoms with Crippen molar-refractivity contribution in [1.29, 1.82) is 0 Å². The Balaban J connectivity index is 2.35. The number of carbonyl (C=O) groups is 1. The highest BCUT2D eigenvalue weighted by atomic mass is 16.4. The Labute approximate surface area is 76.0 Å². The van der Waals surface area contributed by atoms with Crippen LogP contribution in [0.4, 0.5) is 0 Å². The smallest absolute Gasteiger partial charge is 0.312 e. The molecule has 4 heteroatoms. The van der Waals surface area contributed by atoms with Gasteiger partial charge in [-0.15, -0.1) is 0 Å². The van der Waals surface area contributed by atoms with Gasteiger partial charge in [-0.25, -0.2) is 4.98 Å². The number of imidazole rings is 1. The molecule has 1 aliphatic rings. The van der Waals surface area contributed by atoms with Gasteiger partial charge in [0.05, 0.1) is 5.69 Å². The summed E-state index contributed by atoms with van der Waals surface area (Å²) in [5.74, 6) is -0.240.